The topological polar surface area (TPSA) is 75.6 Å². The van der Waals surface area contributed by atoms with Gasteiger partial charge in [0.2, 0.25) is 5.91 Å². The number of hydrogen-bond acceptors (Lipinski definition) is 3. The summed E-state index contributed by atoms with van der Waals surface area (Å²) in [5.41, 5.74) is 0. The molecule has 0 aliphatic rings. The molecule has 0 heterocycles. The normalized spacial score (nSPS) is 11.7. The monoisotopic (exact) mass is 285 g/mol. The number of benzene rings is 1. The standard InChI is InChI=1S/C13H16ClNO4/c1-2-11(13(17)18)15-12(16)6-7-19-10-5-3-4-9(14)8-10/h3-5,8,11H,2,6-7H2,1H3,(H,15,16)(H,17,18)/t11-/m0/s1. The molecule has 0 saturated heterocycles. The Balaban J connectivity index is 2.33. The number of aliphatic carboxylic acids is 1. The summed E-state index contributed by atoms with van der Waals surface area (Å²) in [4.78, 5) is 22.2. The van der Waals surface area contributed by atoms with E-state index < -0.39 is 12.0 Å². The molecule has 1 rings (SSSR count). The van der Waals surface area contributed by atoms with E-state index in [-0.39, 0.29) is 18.9 Å². The van der Waals surface area contributed by atoms with Gasteiger partial charge in [0, 0.05) is 5.02 Å². The number of hydrogen-bond donors (Lipinski definition) is 2. The third kappa shape index (κ3) is 5.61. The minimum absolute atomic E-state index is 0.0935. The highest BCUT2D eigenvalue weighted by atomic mass is 35.5. The van der Waals surface area contributed by atoms with Gasteiger partial charge in [0.05, 0.1) is 13.0 Å². The summed E-state index contributed by atoms with van der Waals surface area (Å²) in [6, 6.07) is 6.00. The molecule has 1 amide bonds. The number of carbonyl (C=O) groups excluding carboxylic acids is 1. The minimum Gasteiger partial charge on any atom is -0.493 e. The van der Waals surface area contributed by atoms with E-state index in [4.69, 9.17) is 21.4 Å². The van der Waals surface area contributed by atoms with Crippen molar-refractivity contribution in [3.8, 4) is 5.75 Å². The van der Waals surface area contributed by atoms with Crippen LogP contribution in [0.2, 0.25) is 5.02 Å². The first kappa shape index (κ1) is 15.3. The second kappa shape index (κ2) is 7.63. The van der Waals surface area contributed by atoms with Gasteiger partial charge in [0.1, 0.15) is 11.8 Å². The fourth-order valence-corrected chi connectivity index (χ4v) is 1.60. The molecule has 0 spiro atoms. The van der Waals surface area contributed by atoms with E-state index in [1.807, 2.05) is 0 Å². The predicted octanol–water partition coefficient (Wildman–Crippen LogP) is 2.09. The van der Waals surface area contributed by atoms with Crippen LogP contribution in [0.1, 0.15) is 19.8 Å². The summed E-state index contributed by atoms with van der Waals surface area (Å²) < 4.78 is 5.34. The van der Waals surface area contributed by atoms with Crippen molar-refractivity contribution < 1.29 is 19.4 Å². The molecule has 0 radical (unpaired) electrons. The van der Waals surface area contributed by atoms with Crippen molar-refractivity contribution in [2.75, 3.05) is 6.61 Å². The van der Waals surface area contributed by atoms with Gasteiger partial charge < -0.3 is 15.2 Å². The highest BCUT2D eigenvalue weighted by molar-refractivity contribution is 6.30. The molecule has 0 aromatic heterocycles. The summed E-state index contributed by atoms with van der Waals surface area (Å²) in [6.45, 7) is 1.86. The SMILES string of the molecule is CC[C@H](NC(=O)CCOc1cccc(Cl)c1)C(=O)O. The van der Waals surface area contributed by atoms with E-state index in [1.54, 1.807) is 31.2 Å². The number of carboxylic acids is 1. The number of nitrogens with one attached hydrogen (secondary N) is 1. The molecule has 1 aromatic rings. The number of carboxylic acid groups (broad SMARTS) is 1. The van der Waals surface area contributed by atoms with E-state index in [1.165, 1.54) is 0 Å². The van der Waals surface area contributed by atoms with Crippen LogP contribution in [0.4, 0.5) is 0 Å². The first-order valence-corrected chi connectivity index (χ1v) is 6.31. The van der Waals surface area contributed by atoms with Gasteiger partial charge in [-0.25, -0.2) is 4.79 Å². The molecule has 1 atom stereocenters. The largest absolute Gasteiger partial charge is 0.493 e. The van der Waals surface area contributed by atoms with Crippen LogP contribution in [0, 0.1) is 0 Å². The van der Waals surface area contributed by atoms with E-state index in [0.717, 1.165) is 0 Å². The van der Waals surface area contributed by atoms with Gasteiger partial charge >= 0.3 is 5.97 Å². The van der Waals surface area contributed by atoms with Gasteiger partial charge in [-0.3, -0.25) is 4.79 Å². The smallest absolute Gasteiger partial charge is 0.326 e. The second-order valence-corrected chi connectivity index (χ2v) is 4.36. The fraction of sp³-hybridized carbons (Fsp3) is 0.385. The average Bonchev–Trinajstić information content (AvgIpc) is 2.35. The Morgan fingerprint density at radius 3 is 2.79 bits per heavy atom. The molecule has 0 aliphatic carbocycles. The Labute approximate surface area is 116 Å². The zero-order chi connectivity index (χ0) is 14.3. The predicted molar refractivity (Wildman–Crippen MR) is 71.4 cm³/mol. The van der Waals surface area contributed by atoms with Crippen molar-refractivity contribution >= 4 is 23.5 Å². The number of carbonyl (C=O) groups is 2. The van der Waals surface area contributed by atoms with Crippen molar-refractivity contribution in [2.24, 2.45) is 0 Å². The summed E-state index contributed by atoms with van der Waals surface area (Å²) in [5.74, 6) is -0.812. The molecule has 2 N–H and O–H groups in total. The van der Waals surface area contributed by atoms with Gasteiger partial charge in [0.25, 0.3) is 0 Å². The molecular weight excluding hydrogens is 270 g/mol. The van der Waals surface area contributed by atoms with Crippen molar-refractivity contribution in [2.45, 2.75) is 25.8 Å². The highest BCUT2D eigenvalue weighted by Gasteiger charge is 2.17. The lowest BCUT2D eigenvalue weighted by Crippen LogP contribution is -2.40. The van der Waals surface area contributed by atoms with Crippen LogP contribution in [0.3, 0.4) is 0 Å². The van der Waals surface area contributed by atoms with E-state index in [2.05, 4.69) is 5.32 Å². The van der Waals surface area contributed by atoms with Gasteiger partial charge in [-0.2, -0.15) is 0 Å². The Hall–Kier alpha value is -1.75. The number of rotatable bonds is 7. The van der Waals surface area contributed by atoms with Crippen LogP contribution in [0.25, 0.3) is 0 Å². The van der Waals surface area contributed by atoms with E-state index in [0.29, 0.717) is 17.2 Å². The van der Waals surface area contributed by atoms with E-state index >= 15 is 0 Å². The summed E-state index contributed by atoms with van der Waals surface area (Å²) in [5, 5.41) is 11.8. The molecule has 104 valence electrons. The van der Waals surface area contributed by atoms with Gasteiger partial charge in [-0.1, -0.05) is 24.6 Å². The lowest BCUT2D eigenvalue weighted by molar-refractivity contribution is -0.142. The zero-order valence-corrected chi connectivity index (χ0v) is 11.3. The maximum Gasteiger partial charge on any atom is 0.326 e. The number of ether oxygens (including phenoxy) is 1. The van der Waals surface area contributed by atoms with Crippen molar-refractivity contribution in [3.63, 3.8) is 0 Å². The molecule has 19 heavy (non-hydrogen) atoms. The molecule has 0 aliphatic heterocycles. The summed E-state index contributed by atoms with van der Waals surface area (Å²) >= 11 is 5.78. The molecule has 6 heteroatoms. The number of amides is 1. The van der Waals surface area contributed by atoms with Crippen LogP contribution in [0.5, 0.6) is 5.75 Å². The molecular formula is C13H16ClNO4. The van der Waals surface area contributed by atoms with E-state index in [9.17, 15) is 9.59 Å². The van der Waals surface area contributed by atoms with Crippen LogP contribution in [-0.4, -0.2) is 29.6 Å². The molecule has 0 saturated carbocycles. The van der Waals surface area contributed by atoms with Gasteiger partial charge in [0.15, 0.2) is 0 Å². The van der Waals surface area contributed by atoms with Crippen molar-refractivity contribution in [1.82, 2.24) is 5.32 Å². The Bertz CT molecular complexity index is 450. The van der Waals surface area contributed by atoms with Crippen LogP contribution < -0.4 is 10.1 Å². The van der Waals surface area contributed by atoms with Crippen molar-refractivity contribution in [3.05, 3.63) is 29.3 Å². The maximum absolute atomic E-state index is 11.5. The third-order valence-corrected chi connectivity index (χ3v) is 2.67. The van der Waals surface area contributed by atoms with Gasteiger partial charge in [-0.15, -0.1) is 0 Å². The highest BCUT2D eigenvalue weighted by Crippen LogP contribution is 2.17. The first-order valence-electron chi connectivity index (χ1n) is 5.93. The quantitative estimate of drug-likeness (QED) is 0.804. The molecule has 0 fully saturated rings. The van der Waals surface area contributed by atoms with Crippen LogP contribution >= 0.6 is 11.6 Å². The molecule has 5 nitrogen and oxygen atoms in total. The average molecular weight is 286 g/mol. The van der Waals surface area contributed by atoms with Crippen molar-refractivity contribution in [1.29, 1.82) is 0 Å². The van der Waals surface area contributed by atoms with Gasteiger partial charge in [-0.05, 0) is 24.6 Å². The second-order valence-electron chi connectivity index (χ2n) is 3.92. The Morgan fingerprint density at radius 2 is 2.21 bits per heavy atom. The molecule has 0 bridgehead atoms. The molecule has 0 unspecified atom stereocenters. The minimum atomic E-state index is -1.04. The molecule has 1 aromatic carbocycles. The summed E-state index contributed by atoms with van der Waals surface area (Å²) in [6.07, 6.45) is 0.437. The number of halogens is 1. The van der Waals surface area contributed by atoms with Crippen LogP contribution in [-0.2, 0) is 9.59 Å². The third-order valence-electron chi connectivity index (χ3n) is 2.44. The lowest BCUT2D eigenvalue weighted by atomic mass is 10.2. The fourth-order valence-electron chi connectivity index (χ4n) is 1.42. The Kier molecular flexibility index (Phi) is 6.15. The Morgan fingerprint density at radius 1 is 1.47 bits per heavy atom. The first-order chi connectivity index (χ1) is 9.02. The zero-order valence-electron chi connectivity index (χ0n) is 10.6. The summed E-state index contributed by atoms with van der Waals surface area (Å²) in [7, 11) is 0. The lowest BCUT2D eigenvalue weighted by Gasteiger charge is -2.12. The van der Waals surface area contributed by atoms with Crippen LogP contribution in [0.15, 0.2) is 24.3 Å². The maximum atomic E-state index is 11.5.